The van der Waals surface area contributed by atoms with Gasteiger partial charge in [-0.05, 0) is 48.9 Å². The standard InChI is InChI=1S/C21H29FN6/c1-23-21(25-9-6-17-4-3-5-19(22)14-17)26-16-18-7-8-24-20(15-18)28-12-10-27(2)11-13-28/h3-5,7-8,14-15H,6,9-13,16H2,1-2H3,(H2,23,25,26). The zero-order valence-corrected chi connectivity index (χ0v) is 16.7. The molecule has 0 bridgehead atoms. The van der Waals surface area contributed by atoms with Crippen LogP contribution < -0.4 is 15.5 Å². The number of benzene rings is 1. The zero-order chi connectivity index (χ0) is 19.8. The van der Waals surface area contributed by atoms with Crippen LogP contribution >= 0.6 is 0 Å². The number of nitrogens with one attached hydrogen (secondary N) is 2. The molecule has 0 spiro atoms. The highest BCUT2D eigenvalue weighted by Crippen LogP contribution is 2.14. The van der Waals surface area contributed by atoms with Crippen molar-refractivity contribution in [2.24, 2.45) is 4.99 Å². The van der Waals surface area contributed by atoms with Crippen molar-refractivity contribution in [1.82, 2.24) is 20.5 Å². The second kappa shape index (κ2) is 10.0. The molecule has 1 aromatic heterocycles. The maximum absolute atomic E-state index is 13.2. The monoisotopic (exact) mass is 384 g/mol. The number of hydrogen-bond acceptors (Lipinski definition) is 4. The average molecular weight is 385 g/mol. The van der Waals surface area contributed by atoms with Gasteiger partial charge in [0.25, 0.3) is 0 Å². The Bertz CT molecular complexity index is 786. The van der Waals surface area contributed by atoms with E-state index in [9.17, 15) is 4.39 Å². The van der Waals surface area contributed by atoms with Gasteiger partial charge in [0.05, 0.1) is 0 Å². The van der Waals surface area contributed by atoms with Gasteiger partial charge in [0.1, 0.15) is 11.6 Å². The lowest BCUT2D eigenvalue weighted by molar-refractivity contribution is 0.312. The Morgan fingerprint density at radius 3 is 2.68 bits per heavy atom. The summed E-state index contributed by atoms with van der Waals surface area (Å²) in [6, 6.07) is 10.8. The summed E-state index contributed by atoms with van der Waals surface area (Å²) in [5.74, 6) is 1.56. The number of guanidine groups is 1. The predicted octanol–water partition coefficient (Wildman–Crippen LogP) is 1.88. The predicted molar refractivity (Wildman–Crippen MR) is 112 cm³/mol. The summed E-state index contributed by atoms with van der Waals surface area (Å²) in [4.78, 5) is 13.5. The quantitative estimate of drug-likeness (QED) is 0.588. The van der Waals surface area contributed by atoms with E-state index < -0.39 is 0 Å². The SMILES string of the molecule is CN=C(NCCc1cccc(F)c1)NCc1ccnc(N2CCN(C)CC2)c1. The third kappa shape index (κ3) is 5.92. The van der Waals surface area contributed by atoms with Gasteiger partial charge in [0.2, 0.25) is 0 Å². The van der Waals surface area contributed by atoms with Gasteiger partial charge in [-0.2, -0.15) is 0 Å². The van der Waals surface area contributed by atoms with Crippen molar-refractivity contribution >= 4 is 11.8 Å². The number of hydrogen-bond donors (Lipinski definition) is 2. The Morgan fingerprint density at radius 1 is 1.11 bits per heavy atom. The molecule has 2 aromatic rings. The number of nitrogens with zero attached hydrogens (tertiary/aromatic N) is 4. The Morgan fingerprint density at radius 2 is 1.93 bits per heavy atom. The van der Waals surface area contributed by atoms with Gasteiger partial charge >= 0.3 is 0 Å². The number of piperazine rings is 1. The topological polar surface area (TPSA) is 55.8 Å². The molecule has 1 aromatic carbocycles. The lowest BCUT2D eigenvalue weighted by Gasteiger charge is -2.33. The highest BCUT2D eigenvalue weighted by Gasteiger charge is 2.15. The second-order valence-electron chi connectivity index (χ2n) is 7.05. The first-order valence-electron chi connectivity index (χ1n) is 9.71. The summed E-state index contributed by atoms with van der Waals surface area (Å²) in [5, 5.41) is 6.61. The van der Waals surface area contributed by atoms with Gasteiger partial charge in [-0.1, -0.05) is 12.1 Å². The second-order valence-corrected chi connectivity index (χ2v) is 7.05. The van der Waals surface area contributed by atoms with Crippen molar-refractivity contribution in [3.05, 3.63) is 59.5 Å². The van der Waals surface area contributed by atoms with E-state index in [1.54, 1.807) is 19.2 Å². The fraction of sp³-hybridized carbons (Fsp3) is 0.429. The number of aromatic nitrogens is 1. The number of anilines is 1. The Hall–Kier alpha value is -2.67. The van der Waals surface area contributed by atoms with Gasteiger partial charge in [0.15, 0.2) is 5.96 Å². The highest BCUT2D eigenvalue weighted by molar-refractivity contribution is 5.79. The molecule has 3 rings (SSSR count). The molecule has 2 N–H and O–H groups in total. The number of rotatable bonds is 6. The molecule has 150 valence electrons. The third-order valence-corrected chi connectivity index (χ3v) is 4.92. The van der Waals surface area contributed by atoms with Gasteiger partial charge in [-0.15, -0.1) is 0 Å². The summed E-state index contributed by atoms with van der Waals surface area (Å²) < 4.78 is 13.2. The van der Waals surface area contributed by atoms with E-state index in [2.05, 4.69) is 43.5 Å². The van der Waals surface area contributed by atoms with Crippen LogP contribution in [0.15, 0.2) is 47.6 Å². The molecule has 0 aliphatic carbocycles. The van der Waals surface area contributed by atoms with Crippen LogP contribution in [-0.2, 0) is 13.0 Å². The number of likely N-dealkylation sites (N-methyl/N-ethyl adjacent to an activating group) is 1. The molecule has 0 amide bonds. The Labute approximate surface area is 166 Å². The van der Waals surface area contributed by atoms with Crippen LogP contribution in [0.25, 0.3) is 0 Å². The highest BCUT2D eigenvalue weighted by atomic mass is 19.1. The van der Waals surface area contributed by atoms with E-state index in [0.717, 1.165) is 55.5 Å². The molecule has 1 fully saturated rings. The van der Waals surface area contributed by atoms with Gasteiger partial charge in [-0.25, -0.2) is 9.37 Å². The number of halogens is 1. The smallest absolute Gasteiger partial charge is 0.191 e. The molecule has 1 aliphatic heterocycles. The third-order valence-electron chi connectivity index (χ3n) is 4.92. The molecule has 0 radical (unpaired) electrons. The van der Waals surface area contributed by atoms with E-state index in [1.807, 2.05) is 18.3 Å². The summed E-state index contributed by atoms with van der Waals surface area (Å²) in [7, 11) is 3.90. The van der Waals surface area contributed by atoms with Crippen molar-refractivity contribution in [3.63, 3.8) is 0 Å². The van der Waals surface area contributed by atoms with Crippen LogP contribution in [-0.4, -0.2) is 62.7 Å². The van der Waals surface area contributed by atoms with Crippen LogP contribution in [0.1, 0.15) is 11.1 Å². The fourth-order valence-corrected chi connectivity index (χ4v) is 3.20. The zero-order valence-electron chi connectivity index (χ0n) is 16.7. The van der Waals surface area contributed by atoms with E-state index in [-0.39, 0.29) is 5.82 Å². The van der Waals surface area contributed by atoms with E-state index in [0.29, 0.717) is 13.1 Å². The molecule has 1 saturated heterocycles. The maximum Gasteiger partial charge on any atom is 0.191 e. The van der Waals surface area contributed by atoms with E-state index in [1.165, 1.54) is 6.07 Å². The van der Waals surface area contributed by atoms with Gasteiger partial charge < -0.3 is 20.4 Å². The van der Waals surface area contributed by atoms with Crippen LogP contribution in [0.4, 0.5) is 10.2 Å². The molecule has 0 atom stereocenters. The summed E-state index contributed by atoms with van der Waals surface area (Å²) in [5.41, 5.74) is 2.13. The first-order chi connectivity index (χ1) is 13.6. The molecular formula is C21H29FN6. The minimum Gasteiger partial charge on any atom is -0.356 e. The number of aliphatic imine (C=N–C) groups is 1. The molecule has 0 saturated carbocycles. The van der Waals surface area contributed by atoms with Gasteiger partial charge in [-0.3, -0.25) is 4.99 Å². The lowest BCUT2D eigenvalue weighted by atomic mass is 10.1. The molecule has 6 nitrogen and oxygen atoms in total. The summed E-state index contributed by atoms with van der Waals surface area (Å²) in [6.07, 6.45) is 2.60. The van der Waals surface area contributed by atoms with Gasteiger partial charge in [0, 0.05) is 52.5 Å². The van der Waals surface area contributed by atoms with E-state index in [4.69, 9.17) is 0 Å². The van der Waals surface area contributed by atoms with Crippen molar-refractivity contribution in [2.75, 3.05) is 51.7 Å². The fourth-order valence-electron chi connectivity index (χ4n) is 3.20. The minimum atomic E-state index is -0.200. The number of pyridine rings is 1. The molecule has 28 heavy (non-hydrogen) atoms. The minimum absolute atomic E-state index is 0.200. The van der Waals surface area contributed by atoms with Crippen molar-refractivity contribution in [3.8, 4) is 0 Å². The molecule has 1 aliphatic rings. The lowest BCUT2D eigenvalue weighted by Crippen LogP contribution is -2.44. The maximum atomic E-state index is 13.2. The van der Waals surface area contributed by atoms with Crippen LogP contribution in [0, 0.1) is 5.82 Å². The van der Waals surface area contributed by atoms with Crippen LogP contribution in [0.2, 0.25) is 0 Å². The van der Waals surface area contributed by atoms with Crippen LogP contribution in [0.5, 0.6) is 0 Å². The van der Waals surface area contributed by atoms with Crippen molar-refractivity contribution in [1.29, 1.82) is 0 Å². The Balaban J connectivity index is 1.47. The van der Waals surface area contributed by atoms with E-state index >= 15 is 0 Å². The normalized spacial score (nSPS) is 15.5. The molecular weight excluding hydrogens is 355 g/mol. The molecule has 7 heteroatoms. The Kier molecular flexibility index (Phi) is 7.19. The van der Waals surface area contributed by atoms with Crippen LogP contribution in [0.3, 0.4) is 0 Å². The van der Waals surface area contributed by atoms with Crippen molar-refractivity contribution < 1.29 is 4.39 Å². The largest absolute Gasteiger partial charge is 0.356 e. The first-order valence-corrected chi connectivity index (χ1v) is 9.71. The summed E-state index contributed by atoms with van der Waals surface area (Å²) >= 11 is 0. The van der Waals surface area contributed by atoms with Crippen molar-refractivity contribution in [2.45, 2.75) is 13.0 Å². The first kappa shape index (κ1) is 20.1. The molecule has 2 heterocycles. The summed E-state index contributed by atoms with van der Waals surface area (Å²) in [6.45, 7) is 5.49. The average Bonchev–Trinajstić information content (AvgIpc) is 2.71. The molecule has 0 unspecified atom stereocenters.